The zero-order chi connectivity index (χ0) is 16.2. The van der Waals surface area contributed by atoms with Gasteiger partial charge in [0.2, 0.25) is 5.91 Å². The monoisotopic (exact) mass is 350 g/mol. The van der Waals surface area contributed by atoms with E-state index >= 15 is 0 Å². The molecule has 23 heavy (non-hydrogen) atoms. The van der Waals surface area contributed by atoms with Crippen LogP contribution >= 0.6 is 22.7 Å². The second kappa shape index (κ2) is 7.20. The molecule has 0 saturated heterocycles. The van der Waals surface area contributed by atoms with Crippen molar-refractivity contribution in [1.82, 2.24) is 20.7 Å². The minimum atomic E-state index is -0.258. The van der Waals surface area contributed by atoms with Gasteiger partial charge >= 0.3 is 0 Å². The number of aromatic nitrogens is 1. The number of rotatable bonds is 4. The minimum Gasteiger partial charge on any atom is -0.290 e. The van der Waals surface area contributed by atoms with Crippen LogP contribution in [0.1, 0.15) is 21.1 Å². The van der Waals surface area contributed by atoms with Gasteiger partial charge in [-0.1, -0.05) is 0 Å². The largest absolute Gasteiger partial charge is 0.290 e. The summed E-state index contributed by atoms with van der Waals surface area (Å²) in [6.07, 6.45) is 1.16. The van der Waals surface area contributed by atoms with E-state index in [2.05, 4.69) is 32.2 Å². The van der Waals surface area contributed by atoms with E-state index in [0.29, 0.717) is 0 Å². The lowest BCUT2D eigenvalue weighted by Gasteiger charge is -2.26. The third kappa shape index (κ3) is 4.37. The summed E-state index contributed by atoms with van der Waals surface area (Å²) in [7, 11) is 0. The fourth-order valence-corrected chi connectivity index (χ4v) is 4.15. The molecule has 0 aliphatic carbocycles. The zero-order valence-electron chi connectivity index (χ0n) is 12.8. The second-order valence-corrected chi connectivity index (χ2v) is 7.43. The lowest BCUT2D eigenvalue weighted by atomic mass is 10.1. The molecular formula is C15H18N4O2S2. The van der Waals surface area contributed by atoms with Gasteiger partial charge in [0, 0.05) is 29.0 Å². The molecule has 2 aromatic heterocycles. The molecule has 0 atom stereocenters. The van der Waals surface area contributed by atoms with Gasteiger partial charge in [0.1, 0.15) is 5.01 Å². The van der Waals surface area contributed by atoms with Crippen molar-refractivity contribution in [2.24, 2.45) is 0 Å². The summed E-state index contributed by atoms with van der Waals surface area (Å²) in [5.41, 5.74) is 7.13. The van der Waals surface area contributed by atoms with Gasteiger partial charge in [0.05, 0.1) is 13.0 Å². The first-order chi connectivity index (χ1) is 11.1. The molecule has 6 nitrogen and oxygen atoms in total. The minimum absolute atomic E-state index is 0.181. The van der Waals surface area contributed by atoms with Crippen molar-refractivity contribution in [3.63, 3.8) is 0 Å². The van der Waals surface area contributed by atoms with Crippen LogP contribution in [-0.2, 0) is 29.0 Å². The lowest BCUT2D eigenvalue weighted by Crippen LogP contribution is -2.47. The molecular weight excluding hydrogens is 332 g/mol. The highest BCUT2D eigenvalue weighted by Crippen LogP contribution is 2.23. The molecule has 0 radical (unpaired) electrons. The van der Waals surface area contributed by atoms with Crippen LogP contribution < -0.4 is 10.9 Å². The van der Waals surface area contributed by atoms with Crippen LogP contribution in [0, 0.1) is 6.92 Å². The van der Waals surface area contributed by atoms with Gasteiger partial charge in [-0.25, -0.2) is 4.98 Å². The van der Waals surface area contributed by atoms with E-state index in [-0.39, 0.29) is 24.8 Å². The summed E-state index contributed by atoms with van der Waals surface area (Å²) >= 11 is 3.22. The molecule has 0 spiro atoms. The molecule has 0 fully saturated rings. The summed E-state index contributed by atoms with van der Waals surface area (Å²) in [5.74, 6) is -0.459. The SMILES string of the molecule is Cc1csc(CC(=O)NNC(=O)CN2CCc3sccc3C2)n1. The molecule has 8 heteroatoms. The molecule has 0 aromatic carbocycles. The molecule has 1 aliphatic heterocycles. The highest BCUT2D eigenvalue weighted by atomic mass is 32.1. The van der Waals surface area contributed by atoms with E-state index in [0.717, 1.165) is 30.2 Å². The number of hydrazine groups is 1. The number of hydrogen-bond donors (Lipinski definition) is 2. The Morgan fingerprint density at radius 3 is 2.91 bits per heavy atom. The molecule has 3 rings (SSSR count). The van der Waals surface area contributed by atoms with Crippen molar-refractivity contribution in [1.29, 1.82) is 0 Å². The number of nitrogens with one attached hydrogen (secondary N) is 2. The molecule has 2 N–H and O–H groups in total. The lowest BCUT2D eigenvalue weighted by molar-refractivity contribution is -0.129. The van der Waals surface area contributed by atoms with Gasteiger partial charge in [-0.3, -0.25) is 25.3 Å². The van der Waals surface area contributed by atoms with E-state index in [1.165, 1.54) is 21.8 Å². The second-order valence-electron chi connectivity index (χ2n) is 5.49. The van der Waals surface area contributed by atoms with Crippen molar-refractivity contribution in [2.75, 3.05) is 13.1 Å². The molecule has 2 aromatic rings. The maximum atomic E-state index is 11.9. The van der Waals surface area contributed by atoms with Crippen LogP contribution in [0.2, 0.25) is 0 Å². The number of carbonyl (C=O) groups is 2. The normalized spacial score (nSPS) is 14.3. The standard InChI is InChI=1S/C15H18N4O2S2/c1-10-9-23-15(16-10)6-13(20)17-18-14(21)8-19-4-2-12-11(7-19)3-5-22-12/h3,5,9H,2,4,6-8H2,1H3,(H,17,20)(H,18,21). The molecule has 0 unspecified atom stereocenters. The topological polar surface area (TPSA) is 74.3 Å². The molecule has 0 saturated carbocycles. The summed E-state index contributed by atoms with van der Waals surface area (Å²) in [6.45, 7) is 3.83. The predicted molar refractivity (Wildman–Crippen MR) is 90.1 cm³/mol. The first-order valence-corrected chi connectivity index (χ1v) is 9.12. The Balaban J connectivity index is 1.40. The van der Waals surface area contributed by atoms with Crippen LogP contribution in [-0.4, -0.2) is 34.8 Å². The van der Waals surface area contributed by atoms with Gasteiger partial charge in [-0.05, 0) is 30.4 Å². The van der Waals surface area contributed by atoms with E-state index in [1.807, 2.05) is 12.3 Å². The highest BCUT2D eigenvalue weighted by molar-refractivity contribution is 7.10. The van der Waals surface area contributed by atoms with Crippen LogP contribution in [0.4, 0.5) is 0 Å². The van der Waals surface area contributed by atoms with Crippen molar-refractivity contribution in [3.05, 3.63) is 38.0 Å². The Morgan fingerprint density at radius 2 is 2.13 bits per heavy atom. The van der Waals surface area contributed by atoms with Gasteiger partial charge < -0.3 is 0 Å². The van der Waals surface area contributed by atoms with Crippen LogP contribution in [0.25, 0.3) is 0 Å². The van der Waals surface area contributed by atoms with E-state index in [9.17, 15) is 9.59 Å². The number of thiazole rings is 1. The molecule has 0 bridgehead atoms. The van der Waals surface area contributed by atoms with Crippen molar-refractivity contribution < 1.29 is 9.59 Å². The third-order valence-corrected chi connectivity index (χ3v) is 5.56. The maximum absolute atomic E-state index is 11.9. The number of amides is 2. The average Bonchev–Trinajstić information content (AvgIpc) is 3.13. The van der Waals surface area contributed by atoms with Crippen molar-refractivity contribution >= 4 is 34.5 Å². The van der Waals surface area contributed by atoms with Crippen LogP contribution in [0.3, 0.4) is 0 Å². The average molecular weight is 350 g/mol. The Labute approximate surface area is 142 Å². The molecule has 3 heterocycles. The molecule has 2 amide bonds. The summed E-state index contributed by atoms with van der Waals surface area (Å²) in [5, 5.41) is 4.74. The number of nitrogens with zero attached hydrogens (tertiary/aromatic N) is 2. The fourth-order valence-electron chi connectivity index (χ4n) is 2.49. The Hall–Kier alpha value is -1.77. The van der Waals surface area contributed by atoms with Crippen LogP contribution in [0.15, 0.2) is 16.8 Å². The quantitative estimate of drug-likeness (QED) is 0.814. The Bertz CT molecular complexity index is 710. The van der Waals surface area contributed by atoms with Crippen molar-refractivity contribution in [3.8, 4) is 0 Å². The zero-order valence-corrected chi connectivity index (χ0v) is 14.4. The van der Waals surface area contributed by atoms with Gasteiger partial charge in [-0.2, -0.15) is 0 Å². The number of aryl methyl sites for hydroxylation is 1. The highest BCUT2D eigenvalue weighted by Gasteiger charge is 2.19. The number of fused-ring (bicyclic) bond motifs is 1. The number of thiophene rings is 1. The van der Waals surface area contributed by atoms with Gasteiger partial charge in [0.25, 0.3) is 5.91 Å². The number of hydrogen-bond acceptors (Lipinski definition) is 6. The van der Waals surface area contributed by atoms with Gasteiger partial charge in [-0.15, -0.1) is 22.7 Å². The van der Waals surface area contributed by atoms with Gasteiger partial charge in [0.15, 0.2) is 0 Å². The van der Waals surface area contributed by atoms with Crippen LogP contribution in [0.5, 0.6) is 0 Å². The summed E-state index contributed by atoms with van der Waals surface area (Å²) in [4.78, 5) is 31.4. The molecule has 1 aliphatic rings. The number of carbonyl (C=O) groups excluding carboxylic acids is 2. The summed E-state index contributed by atoms with van der Waals surface area (Å²) < 4.78 is 0. The third-order valence-electron chi connectivity index (χ3n) is 3.57. The Morgan fingerprint density at radius 1 is 1.30 bits per heavy atom. The van der Waals surface area contributed by atoms with Crippen molar-refractivity contribution in [2.45, 2.75) is 26.3 Å². The van der Waals surface area contributed by atoms with E-state index in [1.54, 1.807) is 11.3 Å². The first kappa shape index (κ1) is 16.1. The molecule has 122 valence electrons. The smallest absolute Gasteiger partial charge is 0.252 e. The van der Waals surface area contributed by atoms with E-state index < -0.39 is 0 Å². The predicted octanol–water partition coefficient (Wildman–Crippen LogP) is 1.26. The summed E-state index contributed by atoms with van der Waals surface area (Å²) in [6, 6.07) is 2.11. The maximum Gasteiger partial charge on any atom is 0.252 e. The fraction of sp³-hybridized carbons (Fsp3) is 0.400. The Kier molecular flexibility index (Phi) is 5.04. The first-order valence-electron chi connectivity index (χ1n) is 7.36. The van der Waals surface area contributed by atoms with E-state index in [4.69, 9.17) is 0 Å².